The second-order valence-corrected chi connectivity index (χ2v) is 7.39. The average Bonchev–Trinajstić information content (AvgIpc) is 3.30. The van der Waals surface area contributed by atoms with E-state index in [-0.39, 0.29) is 17.7 Å². The number of methoxy groups -OCH3 is 1. The molecule has 8 nitrogen and oxygen atoms in total. The molecule has 1 saturated heterocycles. The Kier molecular flexibility index (Phi) is 5.88. The van der Waals surface area contributed by atoms with Crippen molar-refractivity contribution in [3.8, 4) is 5.75 Å². The van der Waals surface area contributed by atoms with Gasteiger partial charge in [0.2, 0.25) is 0 Å². The highest BCUT2D eigenvalue weighted by Crippen LogP contribution is 2.26. The first-order valence-corrected chi connectivity index (χ1v) is 10.0. The second kappa shape index (κ2) is 8.91. The Bertz CT molecular complexity index is 1090. The molecular weight excluding hydrogens is 394 g/mol. The van der Waals surface area contributed by atoms with Crippen molar-refractivity contribution in [2.45, 2.75) is 19.3 Å². The van der Waals surface area contributed by atoms with Crippen LogP contribution in [-0.2, 0) is 0 Å². The first kappa shape index (κ1) is 20.5. The molecule has 1 fully saturated rings. The summed E-state index contributed by atoms with van der Waals surface area (Å²) >= 11 is 0. The molecule has 0 saturated carbocycles. The van der Waals surface area contributed by atoms with Crippen molar-refractivity contribution in [2.75, 3.05) is 25.5 Å². The summed E-state index contributed by atoms with van der Waals surface area (Å²) in [5.41, 5.74) is 2.26. The number of carbonyl (C=O) groups excluding carboxylic acids is 2. The molecule has 1 unspecified atom stereocenters. The molecule has 1 atom stereocenters. The minimum absolute atomic E-state index is 0.0391. The second-order valence-electron chi connectivity index (χ2n) is 7.39. The smallest absolute Gasteiger partial charge is 0.259 e. The summed E-state index contributed by atoms with van der Waals surface area (Å²) in [6, 6.07) is 10.6. The molecule has 3 aromatic rings. The number of rotatable bonds is 5. The fourth-order valence-corrected chi connectivity index (χ4v) is 3.60. The van der Waals surface area contributed by atoms with Crippen LogP contribution < -0.4 is 10.1 Å². The highest BCUT2D eigenvalue weighted by atomic mass is 16.5. The van der Waals surface area contributed by atoms with Gasteiger partial charge in [0.1, 0.15) is 11.6 Å². The van der Waals surface area contributed by atoms with E-state index in [4.69, 9.17) is 4.74 Å². The normalized spacial score (nSPS) is 15.5. The van der Waals surface area contributed by atoms with Gasteiger partial charge < -0.3 is 15.0 Å². The van der Waals surface area contributed by atoms with Crippen molar-refractivity contribution in [3.05, 3.63) is 77.6 Å². The summed E-state index contributed by atoms with van der Waals surface area (Å²) in [5.74, 6) is 1.10. The van der Waals surface area contributed by atoms with E-state index in [0.717, 1.165) is 12.2 Å². The van der Waals surface area contributed by atoms with Crippen LogP contribution in [0.1, 0.15) is 44.6 Å². The summed E-state index contributed by atoms with van der Waals surface area (Å²) in [5, 5.41) is 2.85. The van der Waals surface area contributed by atoms with Gasteiger partial charge in [-0.3, -0.25) is 14.6 Å². The average molecular weight is 417 g/mol. The monoisotopic (exact) mass is 417 g/mol. The third-order valence-electron chi connectivity index (χ3n) is 5.34. The number of hydrogen-bond acceptors (Lipinski definition) is 6. The highest BCUT2D eigenvalue weighted by Gasteiger charge is 2.30. The minimum Gasteiger partial charge on any atom is -0.497 e. The molecule has 0 spiro atoms. The van der Waals surface area contributed by atoms with Crippen molar-refractivity contribution < 1.29 is 14.3 Å². The molecule has 1 aromatic carbocycles. The molecule has 2 amide bonds. The summed E-state index contributed by atoms with van der Waals surface area (Å²) in [7, 11) is 1.59. The lowest BCUT2D eigenvalue weighted by Crippen LogP contribution is -2.28. The van der Waals surface area contributed by atoms with Crippen LogP contribution in [0.25, 0.3) is 0 Å². The van der Waals surface area contributed by atoms with E-state index in [9.17, 15) is 9.59 Å². The molecule has 1 aliphatic heterocycles. The van der Waals surface area contributed by atoms with Crippen LogP contribution in [0.5, 0.6) is 5.75 Å². The van der Waals surface area contributed by atoms with Gasteiger partial charge >= 0.3 is 0 Å². The molecule has 8 heteroatoms. The Morgan fingerprint density at radius 3 is 2.65 bits per heavy atom. The van der Waals surface area contributed by atoms with Crippen LogP contribution in [0.15, 0.2) is 55.0 Å². The van der Waals surface area contributed by atoms with Crippen LogP contribution >= 0.6 is 0 Å². The Morgan fingerprint density at radius 1 is 1.16 bits per heavy atom. The summed E-state index contributed by atoms with van der Waals surface area (Å²) in [4.78, 5) is 40.1. The standard InChI is InChI=1S/C23H23N5O3/c1-15-20(22(29)27-18-5-7-19(31-2)8-6-18)13-25-21(26-15)17-9-11-28(14-17)23(30)16-4-3-10-24-12-16/h3-8,10,12-13,17H,9,11,14H2,1-2H3,(H,27,29). The van der Waals surface area contributed by atoms with Crippen molar-refractivity contribution in [1.29, 1.82) is 0 Å². The Labute approximate surface area is 180 Å². The number of nitrogens with one attached hydrogen (secondary N) is 1. The largest absolute Gasteiger partial charge is 0.497 e. The Morgan fingerprint density at radius 2 is 1.97 bits per heavy atom. The number of pyridine rings is 1. The number of nitrogens with zero attached hydrogens (tertiary/aromatic N) is 4. The Balaban J connectivity index is 1.42. The fourth-order valence-electron chi connectivity index (χ4n) is 3.60. The van der Waals surface area contributed by atoms with Crippen molar-refractivity contribution in [3.63, 3.8) is 0 Å². The van der Waals surface area contributed by atoms with E-state index in [1.807, 2.05) is 0 Å². The lowest BCUT2D eigenvalue weighted by atomic mass is 10.1. The van der Waals surface area contributed by atoms with Crippen LogP contribution in [0.2, 0.25) is 0 Å². The minimum atomic E-state index is -0.269. The molecule has 0 radical (unpaired) electrons. The first-order chi connectivity index (χ1) is 15.0. The highest BCUT2D eigenvalue weighted by molar-refractivity contribution is 6.04. The van der Waals surface area contributed by atoms with Crippen molar-refractivity contribution in [2.24, 2.45) is 0 Å². The number of hydrogen-bond donors (Lipinski definition) is 1. The van der Waals surface area contributed by atoms with Gasteiger partial charge in [-0.05, 0) is 49.7 Å². The van der Waals surface area contributed by atoms with Crippen LogP contribution in [0.4, 0.5) is 5.69 Å². The summed E-state index contributed by atoms with van der Waals surface area (Å²) < 4.78 is 5.13. The lowest BCUT2D eigenvalue weighted by Gasteiger charge is -2.16. The van der Waals surface area contributed by atoms with Gasteiger partial charge in [-0.15, -0.1) is 0 Å². The van der Waals surface area contributed by atoms with Gasteiger partial charge in [0, 0.05) is 43.3 Å². The topological polar surface area (TPSA) is 97.3 Å². The van der Waals surface area contributed by atoms with E-state index < -0.39 is 0 Å². The molecule has 31 heavy (non-hydrogen) atoms. The maximum atomic E-state index is 12.6. The molecule has 1 aliphatic rings. The van der Waals surface area contributed by atoms with Crippen LogP contribution in [0.3, 0.4) is 0 Å². The number of aryl methyl sites for hydroxylation is 1. The van der Waals surface area contributed by atoms with E-state index >= 15 is 0 Å². The molecule has 4 rings (SSSR count). The zero-order chi connectivity index (χ0) is 21.8. The molecule has 3 heterocycles. The first-order valence-electron chi connectivity index (χ1n) is 10.0. The van der Waals surface area contributed by atoms with Gasteiger partial charge in [0.15, 0.2) is 0 Å². The van der Waals surface area contributed by atoms with Gasteiger partial charge in [0.25, 0.3) is 11.8 Å². The quantitative estimate of drug-likeness (QED) is 0.685. The third kappa shape index (κ3) is 4.53. The maximum absolute atomic E-state index is 12.6. The lowest BCUT2D eigenvalue weighted by molar-refractivity contribution is 0.0790. The predicted molar refractivity (Wildman–Crippen MR) is 115 cm³/mol. The maximum Gasteiger partial charge on any atom is 0.259 e. The zero-order valence-corrected chi connectivity index (χ0v) is 17.4. The molecule has 158 valence electrons. The molecule has 0 aliphatic carbocycles. The van der Waals surface area contributed by atoms with Crippen molar-refractivity contribution >= 4 is 17.5 Å². The van der Waals surface area contributed by atoms with E-state index in [0.29, 0.717) is 41.4 Å². The molecular formula is C23H23N5O3. The molecule has 0 bridgehead atoms. The third-order valence-corrected chi connectivity index (χ3v) is 5.34. The Hall–Kier alpha value is -3.81. The number of likely N-dealkylation sites (tertiary alicyclic amines) is 1. The zero-order valence-electron chi connectivity index (χ0n) is 17.4. The SMILES string of the molecule is COc1ccc(NC(=O)c2cnc(C3CCN(C(=O)c4cccnc4)C3)nc2C)cc1. The number of amides is 2. The van der Waals surface area contributed by atoms with Crippen LogP contribution in [0, 0.1) is 6.92 Å². The number of carbonyl (C=O) groups is 2. The van der Waals surface area contributed by atoms with Gasteiger partial charge in [0.05, 0.1) is 23.9 Å². The van der Waals surface area contributed by atoms with Gasteiger partial charge in [-0.1, -0.05) is 0 Å². The number of benzene rings is 1. The van der Waals surface area contributed by atoms with E-state index in [1.165, 1.54) is 0 Å². The van der Waals surface area contributed by atoms with Gasteiger partial charge in [-0.25, -0.2) is 9.97 Å². The molecule has 1 N–H and O–H groups in total. The van der Waals surface area contributed by atoms with Crippen molar-refractivity contribution in [1.82, 2.24) is 19.9 Å². The number of aromatic nitrogens is 3. The van der Waals surface area contributed by atoms with E-state index in [2.05, 4.69) is 20.3 Å². The van der Waals surface area contributed by atoms with Crippen LogP contribution in [-0.4, -0.2) is 51.9 Å². The summed E-state index contributed by atoms with van der Waals surface area (Å²) in [6.45, 7) is 2.98. The fraction of sp³-hybridized carbons (Fsp3) is 0.261. The predicted octanol–water partition coefficient (Wildman–Crippen LogP) is 3.07. The summed E-state index contributed by atoms with van der Waals surface area (Å²) in [6.07, 6.45) is 5.56. The number of ether oxygens (including phenoxy) is 1. The number of anilines is 1. The van der Waals surface area contributed by atoms with E-state index in [1.54, 1.807) is 73.9 Å². The van der Waals surface area contributed by atoms with Gasteiger partial charge in [-0.2, -0.15) is 0 Å². The molecule has 2 aromatic heterocycles.